The molecule has 0 unspecified atom stereocenters. The maximum absolute atomic E-state index is 12.3. The lowest BCUT2D eigenvalue weighted by Crippen LogP contribution is -2.44. The van der Waals surface area contributed by atoms with Crippen molar-refractivity contribution in [3.8, 4) is 6.07 Å². The summed E-state index contributed by atoms with van der Waals surface area (Å²) >= 11 is 7.45. The van der Waals surface area contributed by atoms with E-state index in [0.29, 0.717) is 21.2 Å². The Morgan fingerprint density at radius 3 is 2.68 bits per heavy atom. The molecular formula is C15H13ClN2O3S. The van der Waals surface area contributed by atoms with Gasteiger partial charge in [-0.25, -0.2) is 0 Å². The van der Waals surface area contributed by atoms with E-state index in [2.05, 4.69) is 11.4 Å². The maximum atomic E-state index is 12.3. The predicted octanol–water partition coefficient (Wildman–Crippen LogP) is 2.44. The molecule has 114 valence electrons. The Balaban J connectivity index is 2.69. The highest BCUT2D eigenvalue weighted by Gasteiger charge is 2.44. The fourth-order valence-corrected chi connectivity index (χ4v) is 3.28. The first-order valence-corrected chi connectivity index (χ1v) is 7.96. The Labute approximate surface area is 137 Å². The van der Waals surface area contributed by atoms with E-state index < -0.39 is 23.7 Å². The van der Waals surface area contributed by atoms with Gasteiger partial charge in [-0.2, -0.15) is 5.26 Å². The number of carbonyl (C=O) groups is 2. The summed E-state index contributed by atoms with van der Waals surface area (Å²) in [5, 5.41) is 12.9. The van der Waals surface area contributed by atoms with Crippen LogP contribution in [0, 0.1) is 17.2 Å². The van der Waals surface area contributed by atoms with Gasteiger partial charge in [0.25, 0.3) is 0 Å². The van der Waals surface area contributed by atoms with E-state index in [-0.39, 0.29) is 0 Å². The zero-order valence-electron chi connectivity index (χ0n) is 11.9. The second-order valence-electron chi connectivity index (χ2n) is 4.55. The molecule has 0 radical (unpaired) electrons. The largest absolute Gasteiger partial charge is 0.468 e. The lowest BCUT2D eigenvalue weighted by atomic mass is 9.78. The van der Waals surface area contributed by atoms with Gasteiger partial charge in [-0.1, -0.05) is 29.8 Å². The first-order chi connectivity index (χ1) is 10.5. The highest BCUT2D eigenvalue weighted by Crippen LogP contribution is 2.41. The van der Waals surface area contributed by atoms with Crippen molar-refractivity contribution in [3.63, 3.8) is 0 Å². The van der Waals surface area contributed by atoms with Crippen molar-refractivity contribution >= 4 is 35.2 Å². The summed E-state index contributed by atoms with van der Waals surface area (Å²) in [6.45, 7) is 0. The van der Waals surface area contributed by atoms with Crippen molar-refractivity contribution in [2.45, 2.75) is 5.92 Å². The van der Waals surface area contributed by atoms with E-state index in [1.807, 2.05) is 0 Å². The molecule has 1 aliphatic heterocycles. The number of amides is 1. The highest BCUT2D eigenvalue weighted by atomic mass is 35.5. The van der Waals surface area contributed by atoms with Crippen molar-refractivity contribution in [3.05, 3.63) is 45.5 Å². The van der Waals surface area contributed by atoms with Crippen LogP contribution in [0.1, 0.15) is 11.5 Å². The molecule has 0 saturated carbocycles. The van der Waals surface area contributed by atoms with Crippen LogP contribution in [-0.4, -0.2) is 25.2 Å². The van der Waals surface area contributed by atoms with Crippen LogP contribution in [0.15, 0.2) is 34.9 Å². The van der Waals surface area contributed by atoms with Crippen LogP contribution in [-0.2, 0) is 14.3 Å². The summed E-state index contributed by atoms with van der Waals surface area (Å²) in [6, 6.07) is 8.94. The number of benzene rings is 1. The van der Waals surface area contributed by atoms with E-state index in [1.54, 1.807) is 30.5 Å². The number of methoxy groups -OCH3 is 1. The number of nitrogens with one attached hydrogen (secondary N) is 1. The molecule has 0 spiro atoms. The summed E-state index contributed by atoms with van der Waals surface area (Å²) in [4.78, 5) is 24.4. The Morgan fingerprint density at radius 2 is 2.14 bits per heavy atom. The van der Waals surface area contributed by atoms with Gasteiger partial charge in [-0.15, -0.1) is 11.8 Å². The number of carbonyl (C=O) groups excluding carboxylic acids is 2. The van der Waals surface area contributed by atoms with Crippen LogP contribution >= 0.6 is 23.4 Å². The third kappa shape index (κ3) is 2.82. The van der Waals surface area contributed by atoms with Gasteiger partial charge >= 0.3 is 5.97 Å². The molecule has 0 aliphatic carbocycles. The molecule has 0 bridgehead atoms. The van der Waals surface area contributed by atoms with Gasteiger partial charge < -0.3 is 10.1 Å². The molecule has 5 nitrogen and oxygen atoms in total. The van der Waals surface area contributed by atoms with Crippen LogP contribution in [0.2, 0.25) is 5.02 Å². The molecule has 0 aromatic heterocycles. The molecule has 2 rings (SSSR count). The molecule has 2 atom stereocenters. The van der Waals surface area contributed by atoms with Crippen LogP contribution in [0.4, 0.5) is 0 Å². The van der Waals surface area contributed by atoms with Crippen LogP contribution in [0.25, 0.3) is 0 Å². The molecule has 1 heterocycles. The fourth-order valence-electron chi connectivity index (χ4n) is 2.43. The average molecular weight is 337 g/mol. The van der Waals surface area contributed by atoms with E-state index in [4.69, 9.17) is 16.3 Å². The first-order valence-electron chi connectivity index (χ1n) is 6.36. The third-order valence-corrected chi connectivity index (χ3v) is 4.50. The number of nitriles is 1. The summed E-state index contributed by atoms with van der Waals surface area (Å²) in [7, 11) is 1.21. The van der Waals surface area contributed by atoms with Crippen molar-refractivity contribution in [1.29, 1.82) is 5.26 Å². The second-order valence-corrected chi connectivity index (χ2v) is 5.77. The predicted molar refractivity (Wildman–Crippen MR) is 84.0 cm³/mol. The third-order valence-electron chi connectivity index (χ3n) is 3.43. The van der Waals surface area contributed by atoms with Gasteiger partial charge in [-0.3, -0.25) is 9.59 Å². The van der Waals surface area contributed by atoms with E-state index in [1.165, 1.54) is 18.9 Å². The first kappa shape index (κ1) is 16.4. The molecule has 0 fully saturated rings. The Morgan fingerprint density at radius 1 is 1.45 bits per heavy atom. The number of hydrogen-bond donors (Lipinski definition) is 1. The molecule has 1 aromatic carbocycles. The Hall–Kier alpha value is -1.97. The van der Waals surface area contributed by atoms with Gasteiger partial charge in [0.2, 0.25) is 5.91 Å². The van der Waals surface area contributed by atoms with Gasteiger partial charge in [-0.05, 0) is 17.9 Å². The van der Waals surface area contributed by atoms with Crippen LogP contribution < -0.4 is 5.32 Å². The number of ether oxygens (including phenoxy) is 1. The minimum Gasteiger partial charge on any atom is -0.468 e. The number of hydrogen-bond acceptors (Lipinski definition) is 5. The van der Waals surface area contributed by atoms with Gasteiger partial charge in [0.05, 0.1) is 23.8 Å². The summed E-state index contributed by atoms with van der Waals surface area (Å²) in [5.41, 5.74) is 0.855. The smallest absolute Gasteiger partial charge is 0.319 e. The van der Waals surface area contributed by atoms with Crippen LogP contribution in [0.5, 0.6) is 0 Å². The number of nitrogens with zero attached hydrogens (tertiary/aromatic N) is 1. The lowest BCUT2D eigenvalue weighted by Gasteiger charge is -2.31. The quantitative estimate of drug-likeness (QED) is 0.677. The molecule has 7 heteroatoms. The summed E-state index contributed by atoms with van der Waals surface area (Å²) in [6.07, 6.45) is 1.75. The van der Waals surface area contributed by atoms with Crippen molar-refractivity contribution in [2.75, 3.05) is 13.4 Å². The van der Waals surface area contributed by atoms with Crippen molar-refractivity contribution in [2.24, 2.45) is 5.92 Å². The average Bonchev–Trinajstić information content (AvgIpc) is 2.53. The van der Waals surface area contributed by atoms with E-state index >= 15 is 0 Å². The Kier molecular flexibility index (Phi) is 5.11. The number of halogens is 1. The summed E-state index contributed by atoms with van der Waals surface area (Å²) in [5.74, 6) is -3.10. The number of rotatable bonds is 3. The molecule has 1 amide bonds. The minimum atomic E-state index is -1.14. The van der Waals surface area contributed by atoms with Gasteiger partial charge in [0, 0.05) is 10.9 Å². The standard InChI is InChI=1S/C15H13ClN2O3S/c1-21-15(20)12-11(8-5-3-4-6-10(8)16)9(7-17)14(22-2)18-13(12)19/h3-6,11-12H,1-2H3,(H,18,19)/t11-,12+/m1/s1. The fraction of sp³-hybridized carbons (Fsp3) is 0.267. The monoisotopic (exact) mass is 336 g/mol. The molecule has 1 N–H and O–H groups in total. The van der Waals surface area contributed by atoms with E-state index in [9.17, 15) is 14.9 Å². The molecule has 22 heavy (non-hydrogen) atoms. The summed E-state index contributed by atoms with van der Waals surface area (Å²) < 4.78 is 4.73. The number of esters is 1. The molecule has 1 aliphatic rings. The van der Waals surface area contributed by atoms with Gasteiger partial charge in [0.15, 0.2) is 0 Å². The SMILES string of the molecule is COC(=O)[C@@H]1C(=O)NC(SC)=C(C#N)[C@H]1c1ccccc1Cl. The molecule has 1 aromatic rings. The normalized spacial score (nSPS) is 21.1. The number of allylic oxidation sites excluding steroid dienone is 1. The highest BCUT2D eigenvalue weighted by molar-refractivity contribution is 8.02. The lowest BCUT2D eigenvalue weighted by molar-refractivity contribution is -0.150. The number of thioether (sulfide) groups is 1. The topological polar surface area (TPSA) is 79.2 Å². The van der Waals surface area contributed by atoms with E-state index in [0.717, 1.165) is 0 Å². The minimum absolute atomic E-state index is 0.301. The molecular weight excluding hydrogens is 324 g/mol. The van der Waals surface area contributed by atoms with Crippen LogP contribution in [0.3, 0.4) is 0 Å². The second kappa shape index (κ2) is 6.86. The maximum Gasteiger partial charge on any atom is 0.319 e. The Bertz CT molecular complexity index is 696. The van der Waals surface area contributed by atoms with Crippen molar-refractivity contribution in [1.82, 2.24) is 5.32 Å². The zero-order valence-corrected chi connectivity index (χ0v) is 13.5. The zero-order chi connectivity index (χ0) is 16.3. The van der Waals surface area contributed by atoms with Gasteiger partial charge in [0.1, 0.15) is 5.92 Å². The van der Waals surface area contributed by atoms with Crippen molar-refractivity contribution < 1.29 is 14.3 Å². The molecule has 0 saturated heterocycles.